The average molecular weight is 813 g/mol. The van der Waals surface area contributed by atoms with E-state index in [1.807, 2.05) is 55.7 Å². The Labute approximate surface area is 323 Å². The summed E-state index contributed by atoms with van der Waals surface area (Å²) in [5.74, 6) is -8.40. The molecule has 2 aromatic carbocycles. The Morgan fingerprint density at radius 3 is 2.09 bits per heavy atom. The zero-order chi connectivity index (χ0) is 43.2. The number of alkyl halides is 3. The molecular formula is C37H45F5N6O9. The van der Waals surface area contributed by atoms with Crippen LogP contribution in [-0.4, -0.2) is 98.3 Å². The summed E-state index contributed by atoms with van der Waals surface area (Å²) in [7, 11) is 0. The van der Waals surface area contributed by atoms with Crippen LogP contribution in [0.15, 0.2) is 60.8 Å². The van der Waals surface area contributed by atoms with Crippen molar-refractivity contribution in [2.75, 3.05) is 19.7 Å². The maximum absolute atomic E-state index is 15.0. The number of aromatic nitrogens is 1. The number of carboxylic acid groups (broad SMARTS) is 2. The standard InChI is InChI=1S/C35H44F2N6O7.C2HF3O2/c1-35(2,3)32(28-15-22(24-16-23(36)9-10-25(24)37)19-42(28)18-21-7-5-4-6-8-21)43(31(47)20-44)14-12-26(38)33(48)40-13-11-30(46)41-27(34(49)50)17-29(39)45;3-2(4,5)1(6)7/h4-10,15-16,19,26-27,32,44H,11-14,17-18,20,38H2,1-3H3,(H2,39,45)(H,40,48)(H,41,46)(H,49,50);(H,6,7). The number of rotatable bonds is 17. The molecule has 0 fully saturated rings. The van der Waals surface area contributed by atoms with Crippen LogP contribution in [0, 0.1) is 17.0 Å². The van der Waals surface area contributed by atoms with Crippen molar-refractivity contribution in [2.24, 2.45) is 16.9 Å². The number of nitrogens with one attached hydrogen (secondary N) is 2. The minimum Gasteiger partial charge on any atom is -0.480 e. The highest BCUT2D eigenvalue weighted by Gasteiger charge is 2.39. The minimum atomic E-state index is -5.08. The first kappa shape index (κ1) is 47.3. The first-order chi connectivity index (χ1) is 26.5. The number of carboxylic acids is 2. The van der Waals surface area contributed by atoms with Crippen molar-refractivity contribution in [1.82, 2.24) is 20.1 Å². The van der Waals surface area contributed by atoms with E-state index >= 15 is 0 Å². The number of hydrogen-bond acceptors (Lipinski definition) is 8. The van der Waals surface area contributed by atoms with Crippen molar-refractivity contribution in [3.63, 3.8) is 0 Å². The Balaban J connectivity index is 0.00000146. The Morgan fingerprint density at radius 2 is 1.56 bits per heavy atom. The minimum absolute atomic E-state index is 0.0319. The lowest BCUT2D eigenvalue weighted by atomic mass is 9.82. The molecule has 4 amide bonds. The molecule has 57 heavy (non-hydrogen) atoms. The number of aliphatic hydroxyl groups is 1. The SMILES string of the molecule is CC(C)(C)C(c1cc(-c2cc(F)ccc2F)cn1Cc1ccccc1)N(CCC(N)C(=O)NCCC(=O)NC(CC(N)=O)C(=O)O)C(=O)CO.O=C(O)C(F)(F)F. The second-order valence-corrected chi connectivity index (χ2v) is 13.8. The molecule has 0 saturated heterocycles. The fourth-order valence-corrected chi connectivity index (χ4v) is 5.61. The number of nitrogens with zero attached hydrogens (tertiary/aromatic N) is 2. The third kappa shape index (κ3) is 14.9. The van der Waals surface area contributed by atoms with Gasteiger partial charge in [0.05, 0.1) is 18.5 Å². The molecule has 312 valence electrons. The van der Waals surface area contributed by atoms with E-state index in [0.29, 0.717) is 17.8 Å². The fourth-order valence-electron chi connectivity index (χ4n) is 5.61. The van der Waals surface area contributed by atoms with Gasteiger partial charge in [-0.2, -0.15) is 13.2 Å². The summed E-state index contributed by atoms with van der Waals surface area (Å²) in [6, 6.07) is 10.8. The summed E-state index contributed by atoms with van der Waals surface area (Å²) in [6.07, 6.45) is -4.37. The fraction of sp³-hybridized carbons (Fsp3) is 0.405. The number of amides is 4. The van der Waals surface area contributed by atoms with Crippen molar-refractivity contribution < 1.29 is 66.0 Å². The number of hydrogen-bond donors (Lipinski definition) is 7. The van der Waals surface area contributed by atoms with Crippen LogP contribution in [0.5, 0.6) is 0 Å². The van der Waals surface area contributed by atoms with Gasteiger partial charge in [-0.3, -0.25) is 19.2 Å². The number of aliphatic hydroxyl groups excluding tert-OH is 1. The van der Waals surface area contributed by atoms with Gasteiger partial charge < -0.3 is 46.9 Å². The van der Waals surface area contributed by atoms with E-state index in [2.05, 4.69) is 10.6 Å². The van der Waals surface area contributed by atoms with Crippen molar-refractivity contribution in [1.29, 1.82) is 0 Å². The number of aliphatic carboxylic acids is 2. The van der Waals surface area contributed by atoms with Crippen LogP contribution in [0.4, 0.5) is 22.0 Å². The van der Waals surface area contributed by atoms with Gasteiger partial charge in [-0.1, -0.05) is 51.1 Å². The van der Waals surface area contributed by atoms with Gasteiger partial charge in [0.1, 0.15) is 24.3 Å². The van der Waals surface area contributed by atoms with Gasteiger partial charge in [-0.15, -0.1) is 0 Å². The first-order valence-electron chi connectivity index (χ1n) is 17.2. The number of carbonyl (C=O) groups is 6. The highest BCUT2D eigenvalue weighted by Crippen LogP contribution is 2.41. The quantitative estimate of drug-likeness (QED) is 0.0983. The molecule has 20 heteroatoms. The first-order valence-corrected chi connectivity index (χ1v) is 17.2. The molecular weight excluding hydrogens is 767 g/mol. The Morgan fingerprint density at radius 1 is 0.947 bits per heavy atom. The number of benzene rings is 2. The monoisotopic (exact) mass is 812 g/mol. The second-order valence-electron chi connectivity index (χ2n) is 13.8. The number of nitrogens with two attached hydrogens (primary N) is 2. The molecule has 0 aliphatic rings. The zero-order valence-corrected chi connectivity index (χ0v) is 31.2. The van der Waals surface area contributed by atoms with Crippen molar-refractivity contribution in [3.05, 3.63) is 83.7 Å². The molecule has 9 N–H and O–H groups in total. The molecule has 0 spiro atoms. The molecule has 3 rings (SSSR count). The Bertz CT molecular complexity index is 1880. The molecule has 3 unspecified atom stereocenters. The lowest BCUT2D eigenvalue weighted by Gasteiger charge is -2.41. The van der Waals surface area contributed by atoms with Gasteiger partial charge in [-0.25, -0.2) is 18.4 Å². The maximum Gasteiger partial charge on any atom is 0.490 e. The van der Waals surface area contributed by atoms with Gasteiger partial charge in [0, 0.05) is 49.1 Å². The number of primary amides is 1. The van der Waals surface area contributed by atoms with E-state index < -0.39 is 89.9 Å². The molecule has 3 atom stereocenters. The van der Waals surface area contributed by atoms with Crippen molar-refractivity contribution in [2.45, 2.75) is 70.9 Å². The second kappa shape index (κ2) is 20.9. The van der Waals surface area contributed by atoms with Crippen LogP contribution in [0.25, 0.3) is 11.1 Å². The predicted octanol–water partition coefficient (Wildman–Crippen LogP) is 2.69. The topological polar surface area (TPSA) is 247 Å². The van der Waals surface area contributed by atoms with Crippen LogP contribution in [0.1, 0.15) is 57.3 Å². The summed E-state index contributed by atoms with van der Waals surface area (Å²) >= 11 is 0. The van der Waals surface area contributed by atoms with Crippen molar-refractivity contribution >= 4 is 35.6 Å². The zero-order valence-electron chi connectivity index (χ0n) is 31.2. The smallest absolute Gasteiger partial charge is 0.480 e. The van der Waals surface area contributed by atoms with Crippen LogP contribution in [0.2, 0.25) is 0 Å². The van der Waals surface area contributed by atoms with Gasteiger partial charge in [0.15, 0.2) is 0 Å². The molecule has 1 aromatic heterocycles. The molecule has 0 radical (unpaired) electrons. The molecule has 15 nitrogen and oxygen atoms in total. The van der Waals surface area contributed by atoms with Crippen molar-refractivity contribution in [3.8, 4) is 11.1 Å². The highest BCUT2D eigenvalue weighted by molar-refractivity contribution is 5.88. The lowest BCUT2D eigenvalue weighted by molar-refractivity contribution is -0.192. The summed E-state index contributed by atoms with van der Waals surface area (Å²) in [5.41, 5.74) is 12.4. The van der Waals surface area contributed by atoms with Crippen LogP contribution < -0.4 is 22.1 Å². The Hall–Kier alpha value is -5.89. The number of halogens is 5. The molecule has 0 aliphatic carbocycles. The van der Waals surface area contributed by atoms with Crippen LogP contribution >= 0.6 is 0 Å². The predicted molar refractivity (Wildman–Crippen MR) is 194 cm³/mol. The van der Waals surface area contributed by atoms with E-state index in [1.54, 1.807) is 12.3 Å². The summed E-state index contributed by atoms with van der Waals surface area (Å²) in [5, 5.41) is 30.9. The molecule has 3 aromatic rings. The van der Waals surface area contributed by atoms with E-state index in [1.165, 1.54) is 4.90 Å². The van der Waals surface area contributed by atoms with Crippen LogP contribution in [0.3, 0.4) is 0 Å². The van der Waals surface area contributed by atoms with Gasteiger partial charge in [0.2, 0.25) is 23.6 Å². The van der Waals surface area contributed by atoms with Gasteiger partial charge >= 0.3 is 18.1 Å². The number of carbonyl (C=O) groups excluding carboxylic acids is 4. The summed E-state index contributed by atoms with van der Waals surface area (Å²) in [6.45, 7) is 4.85. The third-order valence-electron chi connectivity index (χ3n) is 8.18. The van der Waals surface area contributed by atoms with Crippen LogP contribution in [-0.2, 0) is 35.3 Å². The largest absolute Gasteiger partial charge is 0.490 e. The van der Waals surface area contributed by atoms with E-state index in [9.17, 15) is 51.0 Å². The average Bonchev–Trinajstić information content (AvgIpc) is 3.51. The summed E-state index contributed by atoms with van der Waals surface area (Å²) < 4.78 is 62.8. The van der Waals surface area contributed by atoms with Gasteiger partial charge in [0.25, 0.3) is 0 Å². The van der Waals surface area contributed by atoms with E-state index in [-0.39, 0.29) is 31.5 Å². The highest BCUT2D eigenvalue weighted by atomic mass is 19.4. The van der Waals surface area contributed by atoms with E-state index in [0.717, 1.165) is 23.8 Å². The lowest BCUT2D eigenvalue weighted by Crippen LogP contribution is -2.48. The summed E-state index contributed by atoms with van der Waals surface area (Å²) in [4.78, 5) is 71.0. The van der Waals surface area contributed by atoms with Gasteiger partial charge in [-0.05, 0) is 41.7 Å². The molecule has 1 heterocycles. The third-order valence-corrected chi connectivity index (χ3v) is 8.18. The maximum atomic E-state index is 15.0. The molecule has 0 aliphatic heterocycles. The normalized spacial score (nSPS) is 12.9. The molecule has 0 saturated carbocycles. The van der Waals surface area contributed by atoms with E-state index in [4.69, 9.17) is 26.5 Å². The molecule has 0 bridgehead atoms. The Kier molecular flexibility index (Phi) is 17.3.